The number of nitrogens with zero attached hydrogens (tertiary/aromatic N) is 2. The van der Waals surface area contributed by atoms with Crippen molar-refractivity contribution in [2.24, 2.45) is 0 Å². The molecule has 0 atom stereocenters. The van der Waals surface area contributed by atoms with Crippen molar-refractivity contribution in [3.63, 3.8) is 0 Å². The number of carbonyl (C=O) groups is 1. The number of aromatic nitrogens is 1. The summed E-state index contributed by atoms with van der Waals surface area (Å²) in [7, 11) is 1.74. The second-order valence-corrected chi connectivity index (χ2v) is 6.29. The van der Waals surface area contributed by atoms with Crippen molar-refractivity contribution in [1.29, 1.82) is 0 Å². The van der Waals surface area contributed by atoms with E-state index in [4.69, 9.17) is 11.6 Å². The second-order valence-electron chi connectivity index (χ2n) is 5.85. The van der Waals surface area contributed by atoms with Crippen LogP contribution < -0.4 is 4.90 Å². The normalized spacial score (nSPS) is 10.5. The van der Waals surface area contributed by atoms with E-state index >= 15 is 0 Å². The van der Waals surface area contributed by atoms with Crippen LogP contribution in [-0.2, 0) is 6.42 Å². The molecule has 0 saturated carbocycles. The Morgan fingerprint density at radius 2 is 1.68 bits per heavy atom. The van der Waals surface area contributed by atoms with Crippen LogP contribution >= 0.6 is 11.6 Å². The summed E-state index contributed by atoms with van der Waals surface area (Å²) in [4.78, 5) is 18.6. The minimum Gasteiger partial charge on any atom is -0.311 e. The highest BCUT2D eigenvalue weighted by Gasteiger charge is 2.14. The average Bonchev–Trinajstić information content (AvgIpc) is 2.67. The first-order valence-corrected chi connectivity index (χ1v) is 8.54. The third-order valence-corrected chi connectivity index (χ3v) is 4.45. The molecular weight excluding hydrogens is 332 g/mol. The van der Waals surface area contributed by atoms with Gasteiger partial charge in [-0.3, -0.25) is 9.78 Å². The van der Waals surface area contributed by atoms with Crippen LogP contribution in [0.15, 0.2) is 67.0 Å². The van der Waals surface area contributed by atoms with Gasteiger partial charge in [0, 0.05) is 35.7 Å². The lowest BCUT2D eigenvalue weighted by Crippen LogP contribution is -2.26. The van der Waals surface area contributed by atoms with Gasteiger partial charge in [-0.25, -0.2) is 0 Å². The van der Waals surface area contributed by atoms with Crippen molar-refractivity contribution in [1.82, 2.24) is 4.98 Å². The molecule has 0 aliphatic carbocycles. The van der Waals surface area contributed by atoms with Gasteiger partial charge in [0.05, 0.1) is 5.56 Å². The van der Waals surface area contributed by atoms with E-state index in [0.717, 1.165) is 23.2 Å². The maximum Gasteiger partial charge on any atom is 0.259 e. The Kier molecular flexibility index (Phi) is 5.15. The smallest absolute Gasteiger partial charge is 0.259 e. The van der Waals surface area contributed by atoms with Gasteiger partial charge in [0.15, 0.2) is 0 Å². The van der Waals surface area contributed by atoms with E-state index in [2.05, 4.69) is 36.2 Å². The van der Waals surface area contributed by atoms with Crippen LogP contribution in [0.25, 0.3) is 11.1 Å². The SMILES string of the molecule is CCc1ccc(-c2cncc(C(=O)N(C)c3ccc(Cl)cc3)c2)cc1. The summed E-state index contributed by atoms with van der Waals surface area (Å²) in [5.74, 6) is -0.109. The first kappa shape index (κ1) is 17.2. The molecule has 0 N–H and O–H groups in total. The number of amides is 1. The summed E-state index contributed by atoms with van der Waals surface area (Å²) in [6, 6.07) is 17.4. The topological polar surface area (TPSA) is 33.2 Å². The predicted molar refractivity (Wildman–Crippen MR) is 103 cm³/mol. The van der Waals surface area contributed by atoms with Gasteiger partial charge in [0.1, 0.15) is 0 Å². The molecule has 0 unspecified atom stereocenters. The molecule has 1 heterocycles. The lowest BCUT2D eigenvalue weighted by Gasteiger charge is -2.17. The fourth-order valence-corrected chi connectivity index (χ4v) is 2.75. The summed E-state index contributed by atoms with van der Waals surface area (Å²) >= 11 is 5.91. The number of pyridine rings is 1. The summed E-state index contributed by atoms with van der Waals surface area (Å²) in [5, 5.41) is 0.642. The van der Waals surface area contributed by atoms with Crippen molar-refractivity contribution < 1.29 is 4.79 Å². The predicted octanol–water partition coefficient (Wildman–Crippen LogP) is 5.24. The van der Waals surface area contributed by atoms with E-state index in [1.54, 1.807) is 36.5 Å². The van der Waals surface area contributed by atoms with Gasteiger partial charge >= 0.3 is 0 Å². The van der Waals surface area contributed by atoms with Gasteiger partial charge in [-0.05, 0) is 47.9 Å². The van der Waals surface area contributed by atoms with Gasteiger partial charge in [-0.1, -0.05) is 42.8 Å². The number of aryl methyl sites for hydroxylation is 1. The van der Waals surface area contributed by atoms with Gasteiger partial charge in [-0.15, -0.1) is 0 Å². The second kappa shape index (κ2) is 7.49. The number of rotatable bonds is 4. The van der Waals surface area contributed by atoms with Gasteiger partial charge in [0.2, 0.25) is 0 Å². The summed E-state index contributed by atoms with van der Waals surface area (Å²) in [5.41, 5.74) is 4.60. The number of halogens is 1. The standard InChI is InChI=1S/C21H19ClN2O/c1-3-15-4-6-16(7-5-15)17-12-18(14-23-13-17)21(25)24(2)20-10-8-19(22)9-11-20/h4-14H,3H2,1-2H3. The minimum absolute atomic E-state index is 0.109. The zero-order valence-electron chi connectivity index (χ0n) is 14.2. The van der Waals surface area contributed by atoms with Gasteiger partial charge in [0.25, 0.3) is 5.91 Å². The molecule has 3 aromatic rings. The highest BCUT2D eigenvalue weighted by molar-refractivity contribution is 6.30. The van der Waals surface area contributed by atoms with Crippen molar-refractivity contribution in [2.75, 3.05) is 11.9 Å². The van der Waals surface area contributed by atoms with E-state index in [-0.39, 0.29) is 5.91 Å². The van der Waals surface area contributed by atoms with Crippen LogP contribution in [0, 0.1) is 0 Å². The molecule has 0 aliphatic heterocycles. The molecule has 1 aromatic heterocycles. The zero-order chi connectivity index (χ0) is 17.8. The first-order valence-electron chi connectivity index (χ1n) is 8.16. The lowest BCUT2D eigenvalue weighted by molar-refractivity contribution is 0.0992. The van der Waals surface area contributed by atoms with E-state index in [1.165, 1.54) is 5.56 Å². The molecule has 1 amide bonds. The third kappa shape index (κ3) is 3.89. The largest absolute Gasteiger partial charge is 0.311 e. The van der Waals surface area contributed by atoms with Crippen LogP contribution in [0.3, 0.4) is 0 Å². The lowest BCUT2D eigenvalue weighted by atomic mass is 10.0. The highest BCUT2D eigenvalue weighted by Crippen LogP contribution is 2.23. The number of hydrogen-bond acceptors (Lipinski definition) is 2. The van der Waals surface area contributed by atoms with E-state index in [9.17, 15) is 4.79 Å². The Balaban J connectivity index is 1.87. The Hall–Kier alpha value is -2.65. The molecule has 4 heteroatoms. The fourth-order valence-electron chi connectivity index (χ4n) is 2.62. The van der Waals surface area contributed by atoms with Crippen LogP contribution in [0.5, 0.6) is 0 Å². The molecule has 0 bridgehead atoms. The Morgan fingerprint density at radius 1 is 1.00 bits per heavy atom. The molecule has 3 nitrogen and oxygen atoms in total. The third-order valence-electron chi connectivity index (χ3n) is 4.20. The Bertz CT molecular complexity index is 873. The van der Waals surface area contributed by atoms with Gasteiger partial charge < -0.3 is 4.90 Å². The van der Waals surface area contributed by atoms with Crippen molar-refractivity contribution in [2.45, 2.75) is 13.3 Å². The highest BCUT2D eigenvalue weighted by atomic mass is 35.5. The van der Waals surface area contributed by atoms with Crippen LogP contribution in [0.1, 0.15) is 22.8 Å². The average molecular weight is 351 g/mol. The Labute approximate surface area is 152 Å². The van der Waals surface area contributed by atoms with E-state index in [0.29, 0.717) is 10.6 Å². The Morgan fingerprint density at radius 3 is 2.32 bits per heavy atom. The molecule has 0 aliphatic rings. The summed E-state index contributed by atoms with van der Waals surface area (Å²) < 4.78 is 0. The molecule has 3 rings (SSSR count). The number of hydrogen-bond donors (Lipinski definition) is 0. The van der Waals surface area contributed by atoms with E-state index < -0.39 is 0 Å². The summed E-state index contributed by atoms with van der Waals surface area (Å²) in [6.45, 7) is 2.13. The fraction of sp³-hybridized carbons (Fsp3) is 0.143. The maximum atomic E-state index is 12.8. The quantitative estimate of drug-likeness (QED) is 0.644. The van der Waals surface area contributed by atoms with Crippen LogP contribution in [0.4, 0.5) is 5.69 Å². The van der Waals surface area contributed by atoms with Crippen molar-refractivity contribution in [3.05, 3.63) is 83.1 Å². The minimum atomic E-state index is -0.109. The molecule has 126 valence electrons. The molecule has 0 radical (unpaired) electrons. The molecule has 2 aromatic carbocycles. The number of anilines is 1. The molecular formula is C21H19ClN2O. The molecule has 0 fully saturated rings. The molecule has 0 spiro atoms. The van der Waals surface area contributed by atoms with Crippen molar-refractivity contribution >= 4 is 23.2 Å². The molecule has 25 heavy (non-hydrogen) atoms. The van der Waals surface area contributed by atoms with Gasteiger partial charge in [-0.2, -0.15) is 0 Å². The van der Waals surface area contributed by atoms with Crippen LogP contribution in [-0.4, -0.2) is 17.9 Å². The number of carbonyl (C=O) groups excluding carboxylic acids is 1. The number of benzene rings is 2. The molecule has 0 saturated heterocycles. The monoisotopic (exact) mass is 350 g/mol. The van der Waals surface area contributed by atoms with Crippen molar-refractivity contribution in [3.8, 4) is 11.1 Å². The van der Waals surface area contributed by atoms with Crippen LogP contribution in [0.2, 0.25) is 5.02 Å². The zero-order valence-corrected chi connectivity index (χ0v) is 15.0. The van der Waals surface area contributed by atoms with E-state index in [1.807, 2.05) is 18.2 Å². The first-order chi connectivity index (χ1) is 12.1. The summed E-state index contributed by atoms with van der Waals surface area (Å²) in [6.07, 6.45) is 4.38. The maximum absolute atomic E-state index is 12.8.